The Balaban J connectivity index is 1.45. The molecule has 0 saturated carbocycles. The Morgan fingerprint density at radius 3 is 2.44 bits per heavy atom. The van der Waals surface area contributed by atoms with Crippen molar-refractivity contribution in [2.75, 3.05) is 36.0 Å². The third kappa shape index (κ3) is 3.45. The van der Waals surface area contributed by atoms with E-state index in [1.54, 1.807) is 0 Å². The Morgan fingerprint density at radius 1 is 1.04 bits per heavy atom. The highest BCUT2D eigenvalue weighted by Gasteiger charge is 2.46. The van der Waals surface area contributed by atoms with E-state index < -0.39 is 0 Å². The molecule has 4 rings (SSSR count). The standard InChI is InChI=1S/C21H22ClN3O2/c1-15-7-8-16(22)13-18(15)23-9-11-24(12-10-23)19-14-20(26)25(21(19)27)17-5-3-2-4-6-17/h2-8,13,19H,9-12,14H2,1H3/p+1/t19-/m0/s1. The second-order valence-corrected chi connectivity index (χ2v) is 7.67. The van der Waals surface area contributed by atoms with Gasteiger partial charge in [0.15, 0.2) is 6.04 Å². The van der Waals surface area contributed by atoms with Crippen LogP contribution in [-0.2, 0) is 9.59 Å². The lowest BCUT2D eigenvalue weighted by molar-refractivity contribution is -0.915. The molecule has 5 nitrogen and oxygen atoms in total. The van der Waals surface area contributed by atoms with Gasteiger partial charge in [-0.1, -0.05) is 35.9 Å². The van der Waals surface area contributed by atoms with E-state index in [0.717, 1.165) is 36.9 Å². The molecule has 2 amide bonds. The third-order valence-corrected chi connectivity index (χ3v) is 5.81. The van der Waals surface area contributed by atoms with E-state index >= 15 is 0 Å². The lowest BCUT2D eigenvalue weighted by Gasteiger charge is -2.36. The van der Waals surface area contributed by atoms with E-state index in [2.05, 4.69) is 11.8 Å². The lowest BCUT2D eigenvalue weighted by Crippen LogP contribution is -3.19. The van der Waals surface area contributed by atoms with Gasteiger partial charge in [0, 0.05) is 10.7 Å². The summed E-state index contributed by atoms with van der Waals surface area (Å²) < 4.78 is 0. The van der Waals surface area contributed by atoms with E-state index in [-0.39, 0.29) is 17.9 Å². The molecule has 140 valence electrons. The number of nitrogens with zero attached hydrogens (tertiary/aromatic N) is 2. The van der Waals surface area contributed by atoms with Crippen molar-refractivity contribution in [2.45, 2.75) is 19.4 Å². The fourth-order valence-electron chi connectivity index (χ4n) is 4.11. The molecule has 2 aliphatic heterocycles. The van der Waals surface area contributed by atoms with Crippen LogP contribution in [0.15, 0.2) is 48.5 Å². The van der Waals surface area contributed by atoms with Gasteiger partial charge in [-0.2, -0.15) is 0 Å². The second-order valence-electron chi connectivity index (χ2n) is 7.24. The van der Waals surface area contributed by atoms with Gasteiger partial charge in [0.1, 0.15) is 0 Å². The molecule has 0 unspecified atom stereocenters. The van der Waals surface area contributed by atoms with Crippen molar-refractivity contribution in [1.82, 2.24) is 0 Å². The van der Waals surface area contributed by atoms with Crippen molar-refractivity contribution < 1.29 is 14.5 Å². The minimum atomic E-state index is -0.277. The van der Waals surface area contributed by atoms with Crippen LogP contribution in [0, 0.1) is 6.92 Å². The Bertz CT molecular complexity index is 863. The van der Waals surface area contributed by atoms with Crippen LogP contribution in [0.4, 0.5) is 11.4 Å². The van der Waals surface area contributed by atoms with Crippen molar-refractivity contribution in [3.63, 3.8) is 0 Å². The van der Waals surface area contributed by atoms with Gasteiger partial charge in [0.25, 0.3) is 5.91 Å². The van der Waals surface area contributed by atoms with Gasteiger partial charge >= 0.3 is 0 Å². The molecule has 0 radical (unpaired) electrons. The molecule has 0 spiro atoms. The van der Waals surface area contributed by atoms with Gasteiger partial charge in [-0.05, 0) is 36.8 Å². The quantitative estimate of drug-likeness (QED) is 0.819. The van der Waals surface area contributed by atoms with Crippen molar-refractivity contribution in [1.29, 1.82) is 0 Å². The molecule has 1 atom stereocenters. The van der Waals surface area contributed by atoms with E-state index in [4.69, 9.17) is 11.6 Å². The van der Waals surface area contributed by atoms with Crippen LogP contribution in [-0.4, -0.2) is 44.0 Å². The highest BCUT2D eigenvalue weighted by molar-refractivity contribution is 6.30. The van der Waals surface area contributed by atoms with Gasteiger partial charge in [0.05, 0.1) is 38.3 Å². The minimum Gasteiger partial charge on any atom is -0.360 e. The van der Waals surface area contributed by atoms with Crippen LogP contribution in [0.1, 0.15) is 12.0 Å². The molecule has 2 fully saturated rings. The first-order valence-corrected chi connectivity index (χ1v) is 9.70. The van der Waals surface area contributed by atoms with Crippen molar-refractivity contribution in [3.05, 3.63) is 59.1 Å². The average Bonchev–Trinajstić information content (AvgIpc) is 2.99. The Hall–Kier alpha value is -2.37. The highest BCUT2D eigenvalue weighted by atomic mass is 35.5. The summed E-state index contributed by atoms with van der Waals surface area (Å²) in [6.45, 7) is 5.44. The van der Waals surface area contributed by atoms with E-state index in [1.165, 1.54) is 15.4 Å². The number of quaternary nitrogens is 1. The number of hydrogen-bond acceptors (Lipinski definition) is 3. The molecule has 2 heterocycles. The Kier molecular flexibility index (Phi) is 4.89. The minimum absolute atomic E-state index is 0.0754. The fourth-order valence-corrected chi connectivity index (χ4v) is 4.27. The summed E-state index contributed by atoms with van der Waals surface area (Å²) in [7, 11) is 0. The number of piperazine rings is 1. The van der Waals surface area contributed by atoms with Gasteiger partial charge in [-0.25, -0.2) is 4.90 Å². The van der Waals surface area contributed by atoms with Gasteiger partial charge in [-0.15, -0.1) is 0 Å². The zero-order valence-electron chi connectivity index (χ0n) is 15.3. The van der Waals surface area contributed by atoms with E-state index in [9.17, 15) is 9.59 Å². The maximum atomic E-state index is 12.9. The van der Waals surface area contributed by atoms with Crippen LogP contribution >= 0.6 is 11.6 Å². The summed E-state index contributed by atoms with van der Waals surface area (Å²) in [5.41, 5.74) is 3.02. The molecule has 2 aromatic rings. The number of carbonyl (C=O) groups excluding carboxylic acids is 2. The lowest BCUT2D eigenvalue weighted by atomic mass is 10.1. The zero-order chi connectivity index (χ0) is 19.0. The van der Waals surface area contributed by atoms with Crippen molar-refractivity contribution >= 4 is 34.8 Å². The molecule has 0 aliphatic carbocycles. The number of benzene rings is 2. The molecule has 1 N–H and O–H groups in total. The normalized spacial score (nSPS) is 21.2. The zero-order valence-corrected chi connectivity index (χ0v) is 16.1. The number of halogens is 1. The molecular weight excluding hydrogens is 362 g/mol. The molecule has 2 aromatic carbocycles. The van der Waals surface area contributed by atoms with Gasteiger partial charge < -0.3 is 9.80 Å². The van der Waals surface area contributed by atoms with E-state index in [0.29, 0.717) is 12.1 Å². The SMILES string of the molecule is Cc1ccc(Cl)cc1N1CC[NH+]([C@H]2CC(=O)N(c3ccccc3)C2=O)CC1. The number of imide groups is 1. The van der Waals surface area contributed by atoms with Crippen LogP contribution in [0.3, 0.4) is 0 Å². The van der Waals surface area contributed by atoms with Crippen LogP contribution < -0.4 is 14.7 Å². The maximum Gasteiger partial charge on any atom is 0.292 e. The van der Waals surface area contributed by atoms with E-state index in [1.807, 2.05) is 48.5 Å². The average molecular weight is 385 g/mol. The first-order valence-electron chi connectivity index (χ1n) is 9.32. The Morgan fingerprint density at radius 2 is 1.74 bits per heavy atom. The van der Waals surface area contributed by atoms with Crippen LogP contribution in [0.5, 0.6) is 0 Å². The van der Waals surface area contributed by atoms with Crippen molar-refractivity contribution in [2.24, 2.45) is 0 Å². The van der Waals surface area contributed by atoms with Gasteiger partial charge in [0.2, 0.25) is 5.91 Å². The van der Waals surface area contributed by atoms with Crippen LogP contribution in [0.2, 0.25) is 5.02 Å². The molecule has 0 aromatic heterocycles. The second kappa shape index (κ2) is 7.33. The topological polar surface area (TPSA) is 45.1 Å². The summed E-state index contributed by atoms with van der Waals surface area (Å²) in [6, 6.07) is 14.9. The summed E-state index contributed by atoms with van der Waals surface area (Å²) in [5, 5.41) is 0.737. The molecule has 0 bridgehead atoms. The molecule has 2 aliphatic rings. The molecular formula is C21H23ClN3O2+. The number of rotatable bonds is 3. The first-order chi connectivity index (χ1) is 13.0. The highest BCUT2D eigenvalue weighted by Crippen LogP contribution is 2.25. The predicted molar refractivity (Wildman–Crippen MR) is 106 cm³/mol. The number of carbonyl (C=O) groups is 2. The van der Waals surface area contributed by atoms with Crippen LogP contribution in [0.25, 0.3) is 0 Å². The Labute approximate surface area is 164 Å². The number of aryl methyl sites for hydroxylation is 1. The third-order valence-electron chi connectivity index (χ3n) is 5.57. The molecule has 6 heteroatoms. The number of hydrogen-bond donors (Lipinski definition) is 1. The number of para-hydroxylation sites is 1. The molecule has 2 saturated heterocycles. The maximum absolute atomic E-state index is 12.9. The first kappa shape index (κ1) is 18.0. The number of amides is 2. The largest absolute Gasteiger partial charge is 0.360 e. The van der Waals surface area contributed by atoms with Gasteiger partial charge in [-0.3, -0.25) is 9.59 Å². The molecule has 27 heavy (non-hydrogen) atoms. The summed E-state index contributed by atoms with van der Waals surface area (Å²) in [4.78, 5) is 30.3. The summed E-state index contributed by atoms with van der Waals surface area (Å²) >= 11 is 6.16. The van der Waals surface area contributed by atoms with Crippen molar-refractivity contribution in [3.8, 4) is 0 Å². The fraction of sp³-hybridized carbons (Fsp3) is 0.333. The monoisotopic (exact) mass is 384 g/mol. The number of anilines is 2. The smallest absolute Gasteiger partial charge is 0.292 e. The predicted octanol–water partition coefficient (Wildman–Crippen LogP) is 1.69. The number of nitrogens with one attached hydrogen (secondary N) is 1. The summed E-state index contributed by atoms with van der Waals surface area (Å²) in [5.74, 6) is -0.176. The summed E-state index contributed by atoms with van der Waals surface area (Å²) in [6.07, 6.45) is 0.291.